The molecule has 2 N–H and O–H groups in total. The number of halogens is 2. The van der Waals surface area contributed by atoms with Crippen molar-refractivity contribution >= 4 is 59.5 Å². The van der Waals surface area contributed by atoms with Gasteiger partial charge in [-0.15, -0.1) is 22.7 Å². The van der Waals surface area contributed by atoms with Crippen LogP contribution in [0, 0.1) is 0 Å². The van der Waals surface area contributed by atoms with Crippen LogP contribution < -0.4 is 5.73 Å². The highest BCUT2D eigenvalue weighted by Crippen LogP contribution is 2.35. The van der Waals surface area contributed by atoms with Gasteiger partial charge in [-0.2, -0.15) is 0 Å². The zero-order chi connectivity index (χ0) is 12.7. The summed E-state index contributed by atoms with van der Waals surface area (Å²) in [6.07, 6.45) is 4.80. The maximum absolute atomic E-state index is 6.24. The third-order valence-electron chi connectivity index (χ3n) is 2.65. The SMILES string of the molecule is NC(Cc1cn2ccsc2n1)c1cc(Br)sc1Br. The largest absolute Gasteiger partial charge is 0.324 e. The molecule has 0 saturated heterocycles. The molecular weight excluding hydrogens is 398 g/mol. The van der Waals surface area contributed by atoms with Gasteiger partial charge in [0.15, 0.2) is 4.96 Å². The number of aromatic nitrogens is 2. The Morgan fingerprint density at radius 1 is 1.44 bits per heavy atom. The molecule has 3 rings (SSSR count). The summed E-state index contributed by atoms with van der Waals surface area (Å²) in [5.41, 5.74) is 8.40. The van der Waals surface area contributed by atoms with Crippen molar-refractivity contribution in [2.75, 3.05) is 0 Å². The van der Waals surface area contributed by atoms with Crippen molar-refractivity contribution in [2.45, 2.75) is 12.5 Å². The maximum Gasteiger partial charge on any atom is 0.193 e. The Labute approximate surface area is 129 Å². The minimum atomic E-state index is -0.0356. The van der Waals surface area contributed by atoms with Crippen LogP contribution in [0.1, 0.15) is 17.3 Å². The third kappa shape index (κ3) is 2.42. The van der Waals surface area contributed by atoms with E-state index >= 15 is 0 Å². The van der Waals surface area contributed by atoms with Crippen LogP contribution in [0.5, 0.6) is 0 Å². The van der Waals surface area contributed by atoms with Crippen LogP contribution in [-0.4, -0.2) is 9.38 Å². The van der Waals surface area contributed by atoms with Gasteiger partial charge in [0.1, 0.15) is 0 Å². The molecule has 18 heavy (non-hydrogen) atoms. The number of fused-ring (bicyclic) bond motifs is 1. The summed E-state index contributed by atoms with van der Waals surface area (Å²) in [6.45, 7) is 0. The molecule has 0 aliphatic rings. The quantitative estimate of drug-likeness (QED) is 0.707. The fraction of sp³-hybridized carbons (Fsp3) is 0.182. The zero-order valence-corrected chi connectivity index (χ0v) is 13.9. The van der Waals surface area contributed by atoms with Gasteiger partial charge in [0.05, 0.1) is 13.3 Å². The van der Waals surface area contributed by atoms with E-state index in [2.05, 4.69) is 42.9 Å². The smallest absolute Gasteiger partial charge is 0.193 e. The fourth-order valence-corrected chi connectivity index (χ4v) is 5.54. The lowest BCUT2D eigenvalue weighted by Crippen LogP contribution is -2.13. The molecule has 7 heteroatoms. The number of hydrogen-bond acceptors (Lipinski definition) is 4. The van der Waals surface area contributed by atoms with Crippen LogP contribution in [0.15, 0.2) is 31.4 Å². The van der Waals surface area contributed by atoms with Crippen molar-refractivity contribution in [1.29, 1.82) is 0 Å². The van der Waals surface area contributed by atoms with Gasteiger partial charge in [0.2, 0.25) is 0 Å². The third-order valence-corrected chi connectivity index (χ3v) is 5.81. The zero-order valence-electron chi connectivity index (χ0n) is 9.14. The van der Waals surface area contributed by atoms with E-state index in [9.17, 15) is 0 Å². The minimum Gasteiger partial charge on any atom is -0.324 e. The number of imidazole rings is 1. The Morgan fingerprint density at radius 2 is 2.28 bits per heavy atom. The number of thiazole rings is 1. The second-order valence-corrected chi connectivity index (χ2v) is 8.54. The lowest BCUT2D eigenvalue weighted by Gasteiger charge is -2.08. The molecule has 1 unspecified atom stereocenters. The van der Waals surface area contributed by atoms with E-state index in [1.807, 2.05) is 22.2 Å². The van der Waals surface area contributed by atoms with E-state index in [4.69, 9.17) is 5.73 Å². The molecule has 0 amide bonds. The summed E-state index contributed by atoms with van der Waals surface area (Å²) in [6, 6.07) is 2.03. The Morgan fingerprint density at radius 3 is 2.94 bits per heavy atom. The van der Waals surface area contributed by atoms with E-state index in [1.54, 1.807) is 22.7 Å². The van der Waals surface area contributed by atoms with E-state index < -0.39 is 0 Å². The number of rotatable bonds is 3. The van der Waals surface area contributed by atoms with Crippen LogP contribution in [0.4, 0.5) is 0 Å². The predicted molar refractivity (Wildman–Crippen MR) is 83.4 cm³/mol. The van der Waals surface area contributed by atoms with Crippen LogP contribution >= 0.6 is 54.5 Å². The lowest BCUT2D eigenvalue weighted by molar-refractivity contribution is 0.710. The first-order valence-electron chi connectivity index (χ1n) is 5.25. The van der Waals surface area contributed by atoms with E-state index in [1.165, 1.54) is 0 Å². The monoisotopic (exact) mass is 405 g/mol. The second kappa shape index (κ2) is 5.05. The second-order valence-electron chi connectivity index (χ2n) is 3.92. The average molecular weight is 407 g/mol. The van der Waals surface area contributed by atoms with Crippen LogP contribution in [0.25, 0.3) is 4.96 Å². The lowest BCUT2D eigenvalue weighted by atomic mass is 10.1. The molecule has 3 aromatic heterocycles. The van der Waals surface area contributed by atoms with Gasteiger partial charge in [0.25, 0.3) is 0 Å². The maximum atomic E-state index is 6.24. The molecule has 0 aliphatic carbocycles. The molecule has 3 aromatic rings. The first-order chi connectivity index (χ1) is 8.63. The van der Waals surface area contributed by atoms with Crippen molar-refractivity contribution in [1.82, 2.24) is 9.38 Å². The molecule has 0 aliphatic heterocycles. The number of nitrogens with zero attached hydrogens (tertiary/aromatic N) is 2. The molecule has 94 valence electrons. The van der Waals surface area contributed by atoms with Crippen molar-refractivity contribution in [3.63, 3.8) is 0 Å². The first-order valence-corrected chi connectivity index (χ1v) is 8.53. The van der Waals surface area contributed by atoms with Crippen LogP contribution in [-0.2, 0) is 6.42 Å². The number of nitrogens with two attached hydrogens (primary N) is 1. The summed E-state index contributed by atoms with van der Waals surface area (Å²) in [4.78, 5) is 5.57. The summed E-state index contributed by atoms with van der Waals surface area (Å²) >= 11 is 10.3. The molecule has 0 fully saturated rings. The molecule has 3 nitrogen and oxygen atoms in total. The molecule has 0 aromatic carbocycles. The normalized spacial score (nSPS) is 13.3. The van der Waals surface area contributed by atoms with Crippen molar-refractivity contribution in [3.05, 3.63) is 42.7 Å². The topological polar surface area (TPSA) is 43.3 Å². The summed E-state index contributed by atoms with van der Waals surface area (Å²) in [5.74, 6) is 0. The van der Waals surface area contributed by atoms with Gasteiger partial charge in [-0.3, -0.25) is 4.40 Å². The summed E-state index contributed by atoms with van der Waals surface area (Å²) in [7, 11) is 0. The van der Waals surface area contributed by atoms with Gasteiger partial charge in [-0.05, 0) is 43.5 Å². The number of thiophene rings is 1. The van der Waals surface area contributed by atoms with Crippen LogP contribution in [0.3, 0.4) is 0 Å². The summed E-state index contributed by atoms with van der Waals surface area (Å²) in [5, 5.41) is 2.03. The van der Waals surface area contributed by atoms with Crippen molar-refractivity contribution < 1.29 is 0 Å². The van der Waals surface area contributed by atoms with E-state index in [-0.39, 0.29) is 6.04 Å². The van der Waals surface area contributed by atoms with Gasteiger partial charge in [-0.1, -0.05) is 0 Å². The van der Waals surface area contributed by atoms with Gasteiger partial charge in [-0.25, -0.2) is 4.98 Å². The highest BCUT2D eigenvalue weighted by Gasteiger charge is 2.15. The van der Waals surface area contributed by atoms with Crippen LogP contribution in [0.2, 0.25) is 0 Å². The first kappa shape index (κ1) is 12.8. The Balaban J connectivity index is 1.83. The Hall–Kier alpha value is -0.210. The molecule has 1 atom stereocenters. The summed E-state index contributed by atoms with van der Waals surface area (Å²) < 4.78 is 4.21. The molecular formula is C11H9Br2N3S2. The molecule has 3 heterocycles. The highest BCUT2D eigenvalue weighted by molar-refractivity contribution is 9.12. The van der Waals surface area contributed by atoms with E-state index in [0.29, 0.717) is 0 Å². The Kier molecular flexibility index (Phi) is 3.59. The highest BCUT2D eigenvalue weighted by atomic mass is 79.9. The fourth-order valence-electron chi connectivity index (χ4n) is 1.82. The average Bonchev–Trinajstić information content (AvgIpc) is 2.92. The van der Waals surface area contributed by atoms with E-state index in [0.717, 1.165) is 30.2 Å². The Bertz CT molecular complexity index is 657. The minimum absolute atomic E-state index is 0.0356. The van der Waals surface area contributed by atoms with Gasteiger partial charge < -0.3 is 5.73 Å². The van der Waals surface area contributed by atoms with Crippen molar-refractivity contribution in [2.24, 2.45) is 5.73 Å². The van der Waals surface area contributed by atoms with Crippen molar-refractivity contribution in [3.8, 4) is 0 Å². The number of hydrogen-bond donors (Lipinski definition) is 1. The molecule has 0 bridgehead atoms. The molecule has 0 spiro atoms. The van der Waals surface area contributed by atoms with Gasteiger partial charge in [0, 0.05) is 30.2 Å². The molecule has 0 radical (unpaired) electrons. The standard InChI is InChI=1S/C11H9Br2N3S2/c12-9-4-7(10(13)18-9)8(14)3-6-5-16-1-2-17-11(16)15-6/h1-2,4-5,8H,3,14H2. The van der Waals surface area contributed by atoms with Gasteiger partial charge >= 0.3 is 0 Å². The predicted octanol–water partition coefficient (Wildman–Crippen LogP) is 4.22. The molecule has 0 saturated carbocycles.